The maximum Gasteiger partial charge on any atom is 0.123 e. The Morgan fingerprint density at radius 3 is 1.29 bits per heavy atom. The maximum atomic E-state index is 13.4. The van der Waals surface area contributed by atoms with Gasteiger partial charge >= 0.3 is 0 Å². The summed E-state index contributed by atoms with van der Waals surface area (Å²) in [7, 11) is 0. The van der Waals surface area contributed by atoms with Crippen molar-refractivity contribution in [2.24, 2.45) is 0 Å². The average Bonchev–Trinajstić information content (AvgIpc) is 3.39. The van der Waals surface area contributed by atoms with Gasteiger partial charge in [0, 0.05) is 5.41 Å². The third-order valence-corrected chi connectivity index (χ3v) is 7.17. The highest BCUT2D eigenvalue weighted by Gasteiger charge is 2.45. The van der Waals surface area contributed by atoms with Crippen LogP contribution in [0.15, 0.2) is 84.9 Å². The molecule has 4 aromatic rings. The first kappa shape index (κ1) is 18.5. The van der Waals surface area contributed by atoms with Crippen molar-refractivity contribution in [2.45, 2.75) is 31.1 Å². The first-order valence-electron chi connectivity index (χ1n) is 11.0. The van der Waals surface area contributed by atoms with Crippen LogP contribution in [0.1, 0.15) is 36.8 Å². The van der Waals surface area contributed by atoms with Crippen molar-refractivity contribution in [3.63, 3.8) is 0 Å². The van der Waals surface area contributed by atoms with Gasteiger partial charge in [-0.15, -0.1) is 0 Å². The van der Waals surface area contributed by atoms with Gasteiger partial charge in [0.2, 0.25) is 0 Å². The lowest BCUT2D eigenvalue weighted by atomic mass is 9.75. The Kier molecular flexibility index (Phi) is 4.11. The molecule has 0 atom stereocenters. The summed E-state index contributed by atoms with van der Waals surface area (Å²) in [5.74, 6) is -0.421. The summed E-state index contributed by atoms with van der Waals surface area (Å²) in [6.07, 6.45) is 4.74. The molecule has 152 valence electrons. The average molecular weight is 408 g/mol. The molecule has 1 spiro atoms. The lowest BCUT2D eigenvalue weighted by Gasteiger charge is -2.27. The van der Waals surface area contributed by atoms with Crippen LogP contribution >= 0.6 is 0 Å². The Balaban J connectivity index is 1.51. The van der Waals surface area contributed by atoms with Crippen LogP contribution in [0.25, 0.3) is 33.4 Å². The Morgan fingerprint density at radius 2 is 0.871 bits per heavy atom. The second-order valence-electron chi connectivity index (χ2n) is 8.82. The number of rotatable bonds is 2. The first-order valence-corrected chi connectivity index (χ1v) is 11.0. The van der Waals surface area contributed by atoms with Gasteiger partial charge in [-0.25, -0.2) is 8.78 Å². The van der Waals surface area contributed by atoms with Gasteiger partial charge in [-0.1, -0.05) is 61.4 Å². The molecule has 0 N–H and O–H groups in total. The molecule has 0 amide bonds. The Hall–Kier alpha value is -3.26. The number of hydrogen-bond acceptors (Lipinski definition) is 0. The molecule has 0 saturated heterocycles. The molecular weight excluding hydrogens is 386 g/mol. The van der Waals surface area contributed by atoms with Gasteiger partial charge in [-0.2, -0.15) is 0 Å². The van der Waals surface area contributed by atoms with E-state index in [1.165, 1.54) is 59.4 Å². The van der Waals surface area contributed by atoms with Crippen molar-refractivity contribution in [3.8, 4) is 33.4 Å². The number of hydrogen-bond donors (Lipinski definition) is 0. The fourth-order valence-electron chi connectivity index (χ4n) is 5.66. The predicted octanol–water partition coefficient (Wildman–Crippen LogP) is 8.14. The van der Waals surface area contributed by atoms with Gasteiger partial charge in [-0.05, 0) is 93.7 Å². The normalized spacial score (nSPS) is 15.8. The summed E-state index contributed by atoms with van der Waals surface area (Å²) in [5.41, 5.74) is 9.82. The molecule has 31 heavy (non-hydrogen) atoms. The van der Waals surface area contributed by atoms with Crippen LogP contribution in [0.3, 0.4) is 0 Å². The zero-order valence-corrected chi connectivity index (χ0v) is 17.2. The zero-order chi connectivity index (χ0) is 21.0. The fraction of sp³-hybridized carbons (Fsp3) is 0.172. The summed E-state index contributed by atoms with van der Waals surface area (Å²) in [5, 5.41) is 0. The van der Waals surface area contributed by atoms with Crippen LogP contribution in [0.4, 0.5) is 8.78 Å². The van der Waals surface area contributed by atoms with Gasteiger partial charge in [0.15, 0.2) is 0 Å². The Morgan fingerprint density at radius 1 is 0.484 bits per heavy atom. The highest BCUT2D eigenvalue weighted by molar-refractivity contribution is 5.86. The molecule has 0 radical (unpaired) electrons. The van der Waals surface area contributed by atoms with Crippen LogP contribution in [0, 0.1) is 11.6 Å². The molecule has 0 aromatic heterocycles. The summed E-state index contributed by atoms with van der Waals surface area (Å²) in [6, 6.07) is 26.9. The van der Waals surface area contributed by atoms with E-state index < -0.39 is 0 Å². The van der Waals surface area contributed by atoms with Crippen LogP contribution in [0.5, 0.6) is 0 Å². The molecule has 2 aliphatic rings. The van der Waals surface area contributed by atoms with Crippen LogP contribution in [0.2, 0.25) is 0 Å². The standard InChI is InChI=1S/C29H22F2/c30-23-9-3-19(4-10-23)21-7-13-25-26-14-8-22(20-5-11-24(31)12-6-20)18-28(26)29(27(25)17-21)15-1-2-16-29/h3-14,17-18H,1-2,15-16H2. The molecular formula is C29H22F2. The van der Waals surface area contributed by atoms with Gasteiger partial charge in [0.05, 0.1) is 0 Å². The molecule has 2 aliphatic carbocycles. The van der Waals surface area contributed by atoms with Crippen molar-refractivity contribution >= 4 is 0 Å². The summed E-state index contributed by atoms with van der Waals surface area (Å²) in [6.45, 7) is 0. The molecule has 4 aromatic carbocycles. The van der Waals surface area contributed by atoms with E-state index >= 15 is 0 Å². The lowest BCUT2D eigenvalue weighted by Crippen LogP contribution is -2.20. The van der Waals surface area contributed by atoms with E-state index in [9.17, 15) is 8.78 Å². The van der Waals surface area contributed by atoms with Crippen molar-refractivity contribution in [1.82, 2.24) is 0 Å². The van der Waals surface area contributed by atoms with Crippen LogP contribution in [-0.4, -0.2) is 0 Å². The molecule has 1 saturated carbocycles. The second-order valence-corrected chi connectivity index (χ2v) is 8.82. The number of fused-ring (bicyclic) bond motifs is 5. The van der Waals surface area contributed by atoms with E-state index in [-0.39, 0.29) is 17.0 Å². The Labute approximate surface area is 181 Å². The number of halogens is 2. The molecule has 0 heterocycles. The van der Waals surface area contributed by atoms with Gasteiger partial charge in [0.1, 0.15) is 11.6 Å². The third kappa shape index (κ3) is 2.85. The van der Waals surface area contributed by atoms with Gasteiger partial charge < -0.3 is 0 Å². The maximum absolute atomic E-state index is 13.4. The van der Waals surface area contributed by atoms with Crippen molar-refractivity contribution in [3.05, 3.63) is 108 Å². The molecule has 0 unspecified atom stereocenters. The fourth-order valence-corrected chi connectivity index (χ4v) is 5.66. The summed E-state index contributed by atoms with van der Waals surface area (Å²) >= 11 is 0. The van der Waals surface area contributed by atoms with E-state index in [1.54, 1.807) is 0 Å². The monoisotopic (exact) mass is 408 g/mol. The first-order chi connectivity index (χ1) is 15.1. The Bertz CT molecular complexity index is 1180. The number of benzene rings is 4. The predicted molar refractivity (Wildman–Crippen MR) is 122 cm³/mol. The summed E-state index contributed by atoms with van der Waals surface area (Å²) < 4.78 is 26.8. The van der Waals surface area contributed by atoms with Crippen LogP contribution in [-0.2, 0) is 5.41 Å². The zero-order valence-electron chi connectivity index (χ0n) is 17.2. The van der Waals surface area contributed by atoms with E-state index in [1.807, 2.05) is 24.3 Å². The van der Waals surface area contributed by atoms with Crippen molar-refractivity contribution < 1.29 is 8.78 Å². The molecule has 1 fully saturated rings. The third-order valence-electron chi connectivity index (χ3n) is 7.17. The SMILES string of the molecule is Fc1ccc(-c2ccc3c(c2)C2(CCCC2)c2cc(-c4ccc(F)cc4)ccc2-3)cc1. The highest BCUT2D eigenvalue weighted by atomic mass is 19.1. The van der Waals surface area contributed by atoms with Gasteiger partial charge in [0.25, 0.3) is 0 Å². The largest absolute Gasteiger partial charge is 0.207 e. The topological polar surface area (TPSA) is 0 Å². The van der Waals surface area contributed by atoms with E-state index in [2.05, 4.69) is 36.4 Å². The minimum absolute atomic E-state index is 0.0384. The highest BCUT2D eigenvalue weighted by Crippen LogP contribution is 2.57. The molecule has 0 aliphatic heterocycles. The molecule has 0 nitrogen and oxygen atoms in total. The summed E-state index contributed by atoms with van der Waals surface area (Å²) in [4.78, 5) is 0. The van der Waals surface area contributed by atoms with E-state index in [0.717, 1.165) is 35.1 Å². The van der Waals surface area contributed by atoms with Crippen LogP contribution < -0.4 is 0 Å². The van der Waals surface area contributed by atoms with Gasteiger partial charge in [-0.3, -0.25) is 0 Å². The minimum Gasteiger partial charge on any atom is -0.207 e. The quantitative estimate of drug-likeness (QED) is 0.314. The second kappa shape index (κ2) is 6.88. The lowest BCUT2D eigenvalue weighted by molar-refractivity contribution is 0.550. The van der Waals surface area contributed by atoms with E-state index in [0.29, 0.717) is 0 Å². The molecule has 0 bridgehead atoms. The van der Waals surface area contributed by atoms with Crippen molar-refractivity contribution in [1.29, 1.82) is 0 Å². The molecule has 2 heteroatoms. The smallest absolute Gasteiger partial charge is 0.123 e. The minimum atomic E-state index is -0.210. The van der Waals surface area contributed by atoms with E-state index in [4.69, 9.17) is 0 Å². The molecule has 6 rings (SSSR count). The van der Waals surface area contributed by atoms with Crippen molar-refractivity contribution in [2.75, 3.05) is 0 Å².